The second kappa shape index (κ2) is 6.99. The molecule has 1 fully saturated rings. The van der Waals surface area contributed by atoms with E-state index in [9.17, 15) is 4.39 Å². The van der Waals surface area contributed by atoms with Crippen LogP contribution in [0.4, 0.5) is 21.5 Å². The van der Waals surface area contributed by atoms with Crippen LogP contribution >= 0.6 is 11.6 Å². The third-order valence-corrected chi connectivity index (χ3v) is 3.96. The molecule has 0 unspecified atom stereocenters. The van der Waals surface area contributed by atoms with Gasteiger partial charge in [-0.2, -0.15) is 0 Å². The second-order valence-corrected chi connectivity index (χ2v) is 5.49. The Hall–Kier alpha value is -1.20. The first-order valence-corrected chi connectivity index (χ1v) is 7.36. The van der Waals surface area contributed by atoms with Crippen molar-refractivity contribution in [3.63, 3.8) is 0 Å². The zero-order valence-corrected chi connectivity index (χ0v) is 12.2. The molecule has 0 heterocycles. The molecule has 0 atom stereocenters. The molecule has 1 aliphatic rings. The summed E-state index contributed by atoms with van der Waals surface area (Å²) in [5.41, 5.74) is 11.9. The average Bonchev–Trinajstić information content (AvgIpc) is 2.45. The van der Waals surface area contributed by atoms with Gasteiger partial charge in [0, 0.05) is 6.54 Å². The van der Waals surface area contributed by atoms with E-state index in [0.717, 1.165) is 12.8 Å². The number of benzene rings is 1. The Balaban J connectivity index is 1.83. The Morgan fingerprint density at radius 2 is 1.95 bits per heavy atom. The first-order chi connectivity index (χ1) is 9.59. The molecule has 2 rings (SSSR count). The molecule has 5 N–H and O–H groups in total. The van der Waals surface area contributed by atoms with Crippen LogP contribution in [0.1, 0.15) is 32.1 Å². The summed E-state index contributed by atoms with van der Waals surface area (Å²) in [5.74, 6) is -0.609. The van der Waals surface area contributed by atoms with Crippen molar-refractivity contribution >= 4 is 28.7 Å². The number of anilines is 3. The molecule has 1 saturated carbocycles. The van der Waals surface area contributed by atoms with Crippen molar-refractivity contribution in [3.8, 4) is 0 Å². The Morgan fingerprint density at radius 3 is 2.65 bits per heavy atom. The van der Waals surface area contributed by atoms with Crippen LogP contribution in [-0.4, -0.2) is 19.3 Å². The van der Waals surface area contributed by atoms with Gasteiger partial charge in [-0.3, -0.25) is 0 Å². The average molecular weight is 302 g/mol. The van der Waals surface area contributed by atoms with Gasteiger partial charge in [0.1, 0.15) is 5.02 Å². The molecule has 0 bridgehead atoms. The van der Waals surface area contributed by atoms with Crippen LogP contribution in [0.2, 0.25) is 5.02 Å². The number of nitrogens with two attached hydrogens (primary N) is 2. The molecule has 4 nitrogen and oxygen atoms in total. The second-order valence-electron chi connectivity index (χ2n) is 5.12. The Kier molecular flexibility index (Phi) is 5.31. The topological polar surface area (TPSA) is 73.3 Å². The maximum atomic E-state index is 13.9. The van der Waals surface area contributed by atoms with Crippen LogP contribution < -0.4 is 16.8 Å². The van der Waals surface area contributed by atoms with Crippen LogP contribution in [-0.2, 0) is 4.74 Å². The smallest absolute Gasteiger partial charge is 0.169 e. The number of hydrogen-bond donors (Lipinski definition) is 3. The van der Waals surface area contributed by atoms with Crippen molar-refractivity contribution in [2.45, 2.75) is 38.2 Å². The number of nitrogen functional groups attached to an aromatic ring is 2. The van der Waals surface area contributed by atoms with Gasteiger partial charge in [0.2, 0.25) is 0 Å². The Labute approximate surface area is 123 Å². The first-order valence-electron chi connectivity index (χ1n) is 6.98. The van der Waals surface area contributed by atoms with Gasteiger partial charge in [-0.25, -0.2) is 4.39 Å². The lowest BCUT2D eigenvalue weighted by Crippen LogP contribution is -2.21. The van der Waals surface area contributed by atoms with Crippen molar-refractivity contribution in [2.75, 3.05) is 29.9 Å². The predicted octanol–water partition coefficient (Wildman–Crippen LogP) is 3.40. The minimum Gasteiger partial charge on any atom is -0.397 e. The molecule has 6 heteroatoms. The van der Waals surface area contributed by atoms with Gasteiger partial charge in [-0.1, -0.05) is 30.9 Å². The quantitative estimate of drug-likeness (QED) is 0.575. The molecule has 0 saturated heterocycles. The van der Waals surface area contributed by atoms with Crippen molar-refractivity contribution in [3.05, 3.63) is 16.9 Å². The van der Waals surface area contributed by atoms with Crippen molar-refractivity contribution < 1.29 is 9.13 Å². The first kappa shape index (κ1) is 15.2. The maximum Gasteiger partial charge on any atom is 0.169 e. The van der Waals surface area contributed by atoms with E-state index < -0.39 is 5.82 Å². The van der Waals surface area contributed by atoms with E-state index in [4.69, 9.17) is 27.8 Å². The predicted molar refractivity (Wildman–Crippen MR) is 81.5 cm³/mol. The highest BCUT2D eigenvalue weighted by Crippen LogP contribution is 2.33. The lowest BCUT2D eigenvalue weighted by Gasteiger charge is -2.22. The summed E-state index contributed by atoms with van der Waals surface area (Å²) in [4.78, 5) is 0. The van der Waals surface area contributed by atoms with E-state index in [1.807, 2.05) is 0 Å². The van der Waals surface area contributed by atoms with Crippen molar-refractivity contribution in [1.29, 1.82) is 0 Å². The third kappa shape index (κ3) is 3.67. The molecule has 1 aromatic rings. The largest absolute Gasteiger partial charge is 0.397 e. The molecule has 0 radical (unpaired) electrons. The lowest BCUT2D eigenvalue weighted by atomic mass is 9.98. The van der Waals surface area contributed by atoms with Gasteiger partial charge in [0.05, 0.1) is 29.8 Å². The molecule has 0 amide bonds. The highest BCUT2D eigenvalue weighted by Gasteiger charge is 2.15. The summed E-state index contributed by atoms with van der Waals surface area (Å²) in [7, 11) is 0. The molecule has 0 spiro atoms. The minimum atomic E-state index is -0.609. The van der Waals surface area contributed by atoms with Gasteiger partial charge in [0.25, 0.3) is 0 Å². The summed E-state index contributed by atoms with van der Waals surface area (Å²) in [6.07, 6.45) is 6.32. The van der Waals surface area contributed by atoms with Gasteiger partial charge in [-0.05, 0) is 18.9 Å². The molecule has 0 aliphatic heterocycles. The number of halogens is 2. The van der Waals surface area contributed by atoms with E-state index in [1.165, 1.54) is 25.3 Å². The number of nitrogens with one attached hydrogen (secondary N) is 1. The summed E-state index contributed by atoms with van der Waals surface area (Å²) in [5, 5.41) is 2.82. The third-order valence-electron chi connectivity index (χ3n) is 3.57. The van der Waals surface area contributed by atoms with E-state index in [2.05, 4.69) is 5.32 Å². The fourth-order valence-electron chi connectivity index (χ4n) is 2.48. The Bertz CT molecular complexity index is 464. The summed E-state index contributed by atoms with van der Waals surface area (Å²) < 4.78 is 19.7. The zero-order chi connectivity index (χ0) is 14.5. The molecular weight excluding hydrogens is 281 g/mol. The van der Waals surface area contributed by atoms with Crippen LogP contribution in [0.3, 0.4) is 0 Å². The summed E-state index contributed by atoms with van der Waals surface area (Å²) in [6, 6.07) is 1.45. The highest BCUT2D eigenvalue weighted by atomic mass is 35.5. The van der Waals surface area contributed by atoms with Crippen LogP contribution in [0.15, 0.2) is 6.07 Å². The van der Waals surface area contributed by atoms with Gasteiger partial charge >= 0.3 is 0 Å². The van der Waals surface area contributed by atoms with Crippen LogP contribution in [0.25, 0.3) is 0 Å². The van der Waals surface area contributed by atoms with Crippen molar-refractivity contribution in [1.82, 2.24) is 0 Å². The van der Waals surface area contributed by atoms with E-state index in [0.29, 0.717) is 19.3 Å². The van der Waals surface area contributed by atoms with E-state index in [1.54, 1.807) is 0 Å². The van der Waals surface area contributed by atoms with Gasteiger partial charge < -0.3 is 21.5 Å². The van der Waals surface area contributed by atoms with E-state index in [-0.39, 0.29) is 22.1 Å². The minimum absolute atomic E-state index is 0.102. The zero-order valence-electron chi connectivity index (χ0n) is 11.4. The molecule has 112 valence electrons. The molecule has 1 aliphatic carbocycles. The molecule has 0 aromatic heterocycles. The van der Waals surface area contributed by atoms with E-state index >= 15 is 0 Å². The molecular formula is C14H21ClFN3O. The standard InChI is InChI=1S/C14H21ClFN3O/c15-12-10(17)8-11(18)14(13(12)16)19-6-7-20-9-4-2-1-3-5-9/h8-9,19H,1-7,17-18H2. The van der Waals surface area contributed by atoms with Crippen molar-refractivity contribution in [2.24, 2.45) is 0 Å². The number of hydrogen-bond acceptors (Lipinski definition) is 4. The number of rotatable bonds is 5. The lowest BCUT2D eigenvalue weighted by molar-refractivity contribution is 0.0347. The van der Waals surface area contributed by atoms with Crippen LogP contribution in [0.5, 0.6) is 0 Å². The SMILES string of the molecule is Nc1cc(N)c(NCCOC2CCCCC2)c(F)c1Cl. The summed E-state index contributed by atoms with van der Waals surface area (Å²) >= 11 is 5.76. The van der Waals surface area contributed by atoms with Gasteiger partial charge in [-0.15, -0.1) is 0 Å². The van der Waals surface area contributed by atoms with Crippen LogP contribution in [0, 0.1) is 5.82 Å². The molecule has 1 aromatic carbocycles. The number of ether oxygens (including phenoxy) is 1. The highest BCUT2D eigenvalue weighted by molar-refractivity contribution is 6.33. The molecule has 20 heavy (non-hydrogen) atoms. The normalized spacial score (nSPS) is 16.3. The Morgan fingerprint density at radius 1 is 1.25 bits per heavy atom. The monoisotopic (exact) mass is 301 g/mol. The van der Waals surface area contributed by atoms with Gasteiger partial charge in [0.15, 0.2) is 5.82 Å². The fourth-order valence-corrected chi connectivity index (χ4v) is 2.63. The fraction of sp³-hybridized carbons (Fsp3) is 0.571. The summed E-state index contributed by atoms with van der Waals surface area (Å²) in [6.45, 7) is 1.00. The maximum absolute atomic E-state index is 13.9.